The number of nitrogens with zero attached hydrogens (tertiary/aromatic N) is 3. The second kappa shape index (κ2) is 11.2. The summed E-state index contributed by atoms with van der Waals surface area (Å²) in [5.74, 6) is -0.409. The molecule has 0 bridgehead atoms. The minimum Gasteiger partial charge on any atom is -0.489 e. The van der Waals surface area contributed by atoms with Gasteiger partial charge in [0.05, 0.1) is 31.5 Å². The Hall–Kier alpha value is -4.63. The van der Waals surface area contributed by atoms with Crippen LogP contribution in [0.3, 0.4) is 0 Å². The van der Waals surface area contributed by atoms with Crippen molar-refractivity contribution in [3.63, 3.8) is 0 Å². The highest BCUT2D eigenvalue weighted by Crippen LogP contribution is 2.20. The number of hydrogen-bond donors (Lipinski definition) is 1. The predicted octanol–water partition coefficient (Wildman–Crippen LogP) is 4.74. The summed E-state index contributed by atoms with van der Waals surface area (Å²) >= 11 is 5.97. The number of amides is 1. The van der Waals surface area contributed by atoms with Gasteiger partial charge in [-0.05, 0) is 48.0 Å². The Balaban J connectivity index is 1.27. The maximum absolute atomic E-state index is 13.0. The lowest BCUT2D eigenvalue weighted by molar-refractivity contribution is -0.142. The first-order valence-electron chi connectivity index (χ1n) is 11.7. The molecule has 1 unspecified atom stereocenters. The number of aromatic nitrogens is 3. The van der Waals surface area contributed by atoms with Gasteiger partial charge in [0.15, 0.2) is 5.65 Å². The zero-order valence-corrected chi connectivity index (χ0v) is 21.1. The lowest BCUT2D eigenvalue weighted by atomic mass is 10.1. The third-order valence-electron chi connectivity index (χ3n) is 5.83. The Kier molecular flexibility index (Phi) is 7.37. The highest BCUT2D eigenvalue weighted by atomic mass is 35.5. The van der Waals surface area contributed by atoms with E-state index < -0.39 is 17.9 Å². The fourth-order valence-electron chi connectivity index (χ4n) is 3.83. The van der Waals surface area contributed by atoms with Crippen molar-refractivity contribution in [2.75, 3.05) is 7.11 Å². The molecule has 10 heteroatoms. The summed E-state index contributed by atoms with van der Waals surface area (Å²) in [6.07, 6.45) is 4.96. The molecule has 5 aromatic rings. The quantitative estimate of drug-likeness (QED) is 0.274. The Bertz CT molecular complexity index is 1550. The number of ether oxygens (including phenoxy) is 2. The number of furan rings is 1. The Morgan fingerprint density at radius 1 is 1.03 bits per heavy atom. The van der Waals surface area contributed by atoms with Crippen molar-refractivity contribution in [2.45, 2.75) is 19.1 Å². The molecular weight excluding hydrogens is 508 g/mol. The van der Waals surface area contributed by atoms with Crippen LogP contribution in [0.25, 0.3) is 16.9 Å². The first-order valence-corrected chi connectivity index (χ1v) is 12.1. The molecule has 9 nitrogen and oxygen atoms in total. The molecular formula is C28H23ClN4O5. The van der Waals surface area contributed by atoms with Gasteiger partial charge in [-0.1, -0.05) is 35.9 Å². The number of halogens is 1. The molecule has 0 aliphatic heterocycles. The fourth-order valence-corrected chi connectivity index (χ4v) is 3.96. The molecule has 5 rings (SSSR count). The maximum atomic E-state index is 13.0. The summed E-state index contributed by atoms with van der Waals surface area (Å²) in [5.41, 5.74) is 3.94. The number of benzene rings is 2. The second-order valence-corrected chi connectivity index (χ2v) is 8.91. The summed E-state index contributed by atoms with van der Waals surface area (Å²) in [4.78, 5) is 29.8. The maximum Gasteiger partial charge on any atom is 0.328 e. The average Bonchev–Trinajstić information content (AvgIpc) is 3.62. The molecule has 1 atom stereocenters. The van der Waals surface area contributed by atoms with Crippen LogP contribution in [0.1, 0.15) is 21.6 Å². The highest BCUT2D eigenvalue weighted by molar-refractivity contribution is 6.30. The molecule has 1 amide bonds. The van der Waals surface area contributed by atoms with Crippen LogP contribution in [-0.4, -0.2) is 39.6 Å². The van der Waals surface area contributed by atoms with Gasteiger partial charge in [-0.25, -0.2) is 14.3 Å². The number of rotatable bonds is 9. The number of imidazole rings is 1. The SMILES string of the molecule is COC(=O)C(Cc1ccc(OCc2ccoc2)cc1)NC(=O)c1cn2nc(-c3ccc(Cl)cc3)ccc2n1. The Labute approximate surface area is 223 Å². The van der Waals surface area contributed by atoms with Gasteiger partial charge in [0.1, 0.15) is 24.1 Å². The summed E-state index contributed by atoms with van der Waals surface area (Å²) in [7, 11) is 1.28. The molecule has 38 heavy (non-hydrogen) atoms. The van der Waals surface area contributed by atoms with Crippen LogP contribution in [0.4, 0.5) is 0 Å². The van der Waals surface area contributed by atoms with Gasteiger partial charge < -0.3 is 19.2 Å². The van der Waals surface area contributed by atoms with E-state index in [1.807, 2.05) is 36.4 Å². The first-order chi connectivity index (χ1) is 18.5. The number of nitrogens with one attached hydrogen (secondary N) is 1. The lowest BCUT2D eigenvalue weighted by Crippen LogP contribution is -2.43. The van der Waals surface area contributed by atoms with Crippen molar-refractivity contribution >= 4 is 29.1 Å². The number of fused-ring (bicyclic) bond motifs is 1. The van der Waals surface area contributed by atoms with Crippen LogP contribution in [0.15, 0.2) is 89.9 Å². The monoisotopic (exact) mass is 530 g/mol. The van der Waals surface area contributed by atoms with Gasteiger partial charge in [-0.2, -0.15) is 5.10 Å². The van der Waals surface area contributed by atoms with Crippen LogP contribution in [0.2, 0.25) is 5.02 Å². The van der Waals surface area contributed by atoms with E-state index >= 15 is 0 Å². The molecule has 2 aromatic carbocycles. The average molecular weight is 531 g/mol. The molecule has 1 N–H and O–H groups in total. The largest absolute Gasteiger partial charge is 0.489 e. The van der Waals surface area contributed by atoms with Crippen LogP contribution in [-0.2, 0) is 22.6 Å². The minimum absolute atomic E-state index is 0.127. The molecule has 3 aromatic heterocycles. The van der Waals surface area contributed by atoms with E-state index in [-0.39, 0.29) is 12.1 Å². The molecule has 0 saturated heterocycles. The molecule has 0 spiro atoms. The molecule has 0 radical (unpaired) electrons. The van der Waals surface area contributed by atoms with Crippen molar-refractivity contribution in [2.24, 2.45) is 0 Å². The van der Waals surface area contributed by atoms with E-state index in [0.717, 1.165) is 16.7 Å². The Morgan fingerprint density at radius 3 is 2.53 bits per heavy atom. The smallest absolute Gasteiger partial charge is 0.328 e. The van der Waals surface area contributed by atoms with Crippen LogP contribution < -0.4 is 10.1 Å². The van der Waals surface area contributed by atoms with Gasteiger partial charge in [-0.15, -0.1) is 0 Å². The lowest BCUT2D eigenvalue weighted by Gasteiger charge is -2.16. The molecule has 0 aliphatic carbocycles. The van der Waals surface area contributed by atoms with Crippen LogP contribution >= 0.6 is 11.6 Å². The third kappa shape index (κ3) is 5.84. The van der Waals surface area contributed by atoms with Crippen molar-refractivity contribution in [1.29, 1.82) is 0 Å². The van der Waals surface area contributed by atoms with Crippen molar-refractivity contribution in [3.05, 3.63) is 107 Å². The molecule has 0 fully saturated rings. The summed E-state index contributed by atoms with van der Waals surface area (Å²) in [5, 5.41) is 7.90. The first kappa shape index (κ1) is 25.0. The van der Waals surface area contributed by atoms with E-state index in [2.05, 4.69) is 15.4 Å². The normalized spacial score (nSPS) is 11.7. The molecule has 0 saturated carbocycles. The number of carbonyl (C=O) groups is 2. The Morgan fingerprint density at radius 2 is 1.82 bits per heavy atom. The summed E-state index contributed by atoms with van der Waals surface area (Å²) in [6.45, 7) is 0.381. The van der Waals surface area contributed by atoms with Gasteiger partial charge in [0.2, 0.25) is 0 Å². The molecule has 0 aliphatic rings. The van der Waals surface area contributed by atoms with Crippen molar-refractivity contribution in [3.8, 4) is 17.0 Å². The minimum atomic E-state index is -0.910. The molecule has 3 heterocycles. The summed E-state index contributed by atoms with van der Waals surface area (Å²) in [6, 6.07) is 19.1. The van der Waals surface area contributed by atoms with Gasteiger partial charge in [-0.3, -0.25) is 4.79 Å². The predicted molar refractivity (Wildman–Crippen MR) is 140 cm³/mol. The van der Waals surface area contributed by atoms with E-state index in [1.54, 1.807) is 42.9 Å². The van der Waals surface area contributed by atoms with E-state index in [9.17, 15) is 9.59 Å². The standard InChI is InChI=1S/C28H23ClN4O5/c1-36-28(35)24(14-18-2-8-22(9-3-18)38-17-19-12-13-37-16-19)31-27(34)25-15-33-26(30-25)11-10-23(32-33)20-4-6-21(29)7-5-20/h2-13,15-16,24H,14,17H2,1H3,(H,31,34). The van der Waals surface area contributed by atoms with E-state index in [1.165, 1.54) is 17.8 Å². The zero-order valence-electron chi connectivity index (χ0n) is 20.3. The van der Waals surface area contributed by atoms with Gasteiger partial charge >= 0.3 is 5.97 Å². The van der Waals surface area contributed by atoms with E-state index in [0.29, 0.717) is 28.7 Å². The van der Waals surface area contributed by atoms with Crippen molar-refractivity contribution < 1.29 is 23.5 Å². The summed E-state index contributed by atoms with van der Waals surface area (Å²) < 4.78 is 17.2. The topological polar surface area (TPSA) is 108 Å². The highest BCUT2D eigenvalue weighted by Gasteiger charge is 2.24. The molecule has 192 valence electrons. The third-order valence-corrected chi connectivity index (χ3v) is 6.08. The number of hydrogen-bond acceptors (Lipinski definition) is 7. The van der Waals surface area contributed by atoms with Crippen LogP contribution in [0.5, 0.6) is 5.75 Å². The van der Waals surface area contributed by atoms with Gasteiger partial charge in [0.25, 0.3) is 5.91 Å². The number of carbonyl (C=O) groups excluding carboxylic acids is 2. The van der Waals surface area contributed by atoms with E-state index in [4.69, 9.17) is 25.5 Å². The zero-order chi connectivity index (χ0) is 26.5. The number of esters is 1. The second-order valence-electron chi connectivity index (χ2n) is 8.47. The van der Waals surface area contributed by atoms with Crippen LogP contribution in [0, 0.1) is 0 Å². The number of methoxy groups -OCH3 is 1. The fraction of sp³-hybridized carbons (Fsp3) is 0.143. The van der Waals surface area contributed by atoms with Gasteiger partial charge in [0, 0.05) is 22.6 Å². The van der Waals surface area contributed by atoms with Crippen molar-refractivity contribution in [1.82, 2.24) is 19.9 Å².